The minimum Gasteiger partial charge on any atom is -0.496 e. The predicted octanol–water partition coefficient (Wildman–Crippen LogP) is 3.10. The van der Waals surface area contributed by atoms with Gasteiger partial charge in [-0.05, 0) is 41.8 Å². The van der Waals surface area contributed by atoms with Crippen molar-refractivity contribution in [3.8, 4) is 17.2 Å². The van der Waals surface area contributed by atoms with Crippen molar-refractivity contribution in [2.75, 3.05) is 21.3 Å². The molecule has 27 heavy (non-hydrogen) atoms. The van der Waals surface area contributed by atoms with E-state index in [1.54, 1.807) is 26.4 Å². The van der Waals surface area contributed by atoms with Crippen LogP contribution < -0.4 is 19.3 Å². The lowest BCUT2D eigenvalue weighted by Crippen LogP contribution is -2.13. The van der Waals surface area contributed by atoms with Crippen LogP contribution >= 0.6 is 0 Å². The Hall–Kier alpha value is -2.77. The van der Waals surface area contributed by atoms with E-state index < -0.39 is 10.0 Å². The van der Waals surface area contributed by atoms with E-state index in [0.29, 0.717) is 6.42 Å². The molecule has 0 amide bonds. The van der Waals surface area contributed by atoms with Gasteiger partial charge in [0.25, 0.3) is 0 Å². The molecule has 142 valence electrons. The fourth-order valence-electron chi connectivity index (χ4n) is 3.19. The van der Waals surface area contributed by atoms with Crippen molar-refractivity contribution >= 4 is 20.8 Å². The Morgan fingerprint density at radius 2 is 1.56 bits per heavy atom. The minimum atomic E-state index is -3.85. The van der Waals surface area contributed by atoms with Crippen molar-refractivity contribution in [1.82, 2.24) is 0 Å². The van der Waals surface area contributed by atoms with Gasteiger partial charge >= 0.3 is 0 Å². The van der Waals surface area contributed by atoms with Gasteiger partial charge in [0.2, 0.25) is 10.0 Å². The molecular weight excluding hydrogens is 366 g/mol. The Labute approximate surface area is 158 Å². The van der Waals surface area contributed by atoms with Crippen LogP contribution in [-0.4, -0.2) is 29.7 Å². The largest absolute Gasteiger partial charge is 0.496 e. The Kier molecular flexibility index (Phi) is 5.25. The standard InChI is InChI=1S/C20H21NO5S/c1-24-16-9-8-14(20-15(16)5-4-6-17(20)25-2)11-13-7-10-19(27(21,22)23)18(12-13)26-3/h4-10,12H,11H2,1-3H3,(H2,21,22,23). The summed E-state index contributed by atoms with van der Waals surface area (Å²) in [6.07, 6.45) is 0.558. The Morgan fingerprint density at radius 1 is 0.852 bits per heavy atom. The number of fused-ring (bicyclic) bond motifs is 1. The summed E-state index contributed by atoms with van der Waals surface area (Å²) in [5.74, 6) is 1.73. The van der Waals surface area contributed by atoms with Gasteiger partial charge in [0.05, 0.1) is 21.3 Å². The van der Waals surface area contributed by atoms with Gasteiger partial charge in [-0.1, -0.05) is 24.3 Å². The fraction of sp³-hybridized carbons (Fsp3) is 0.200. The van der Waals surface area contributed by atoms with Gasteiger partial charge in [0, 0.05) is 10.8 Å². The Morgan fingerprint density at radius 3 is 2.19 bits per heavy atom. The van der Waals surface area contributed by atoms with Crippen LogP contribution in [0.25, 0.3) is 10.8 Å². The molecule has 0 saturated carbocycles. The maximum absolute atomic E-state index is 11.7. The number of hydrogen-bond donors (Lipinski definition) is 1. The number of benzene rings is 3. The molecule has 0 aliphatic heterocycles. The third-order valence-electron chi connectivity index (χ3n) is 4.42. The van der Waals surface area contributed by atoms with Crippen molar-refractivity contribution in [1.29, 1.82) is 0 Å². The van der Waals surface area contributed by atoms with E-state index in [1.807, 2.05) is 30.3 Å². The highest BCUT2D eigenvalue weighted by molar-refractivity contribution is 7.89. The zero-order chi connectivity index (χ0) is 19.6. The summed E-state index contributed by atoms with van der Waals surface area (Å²) in [7, 11) is 0.822. The third-order valence-corrected chi connectivity index (χ3v) is 5.37. The molecular formula is C20H21NO5S. The maximum atomic E-state index is 11.7. The molecule has 0 saturated heterocycles. The number of rotatable bonds is 6. The lowest BCUT2D eigenvalue weighted by molar-refractivity contribution is 0.402. The summed E-state index contributed by atoms with van der Waals surface area (Å²) < 4.78 is 39.6. The molecule has 6 nitrogen and oxygen atoms in total. The number of nitrogens with two attached hydrogens (primary N) is 1. The first kappa shape index (κ1) is 19.0. The van der Waals surface area contributed by atoms with Crippen LogP contribution in [0.2, 0.25) is 0 Å². The lowest BCUT2D eigenvalue weighted by Gasteiger charge is -2.15. The van der Waals surface area contributed by atoms with Crippen LogP contribution in [0.15, 0.2) is 53.4 Å². The van der Waals surface area contributed by atoms with Crippen LogP contribution in [0.5, 0.6) is 17.2 Å². The van der Waals surface area contributed by atoms with Gasteiger partial charge in [-0.3, -0.25) is 0 Å². The smallest absolute Gasteiger partial charge is 0.241 e. The normalized spacial score (nSPS) is 11.4. The molecule has 0 aliphatic carbocycles. The third kappa shape index (κ3) is 3.70. The first-order valence-electron chi connectivity index (χ1n) is 8.21. The second kappa shape index (κ2) is 7.46. The quantitative estimate of drug-likeness (QED) is 0.702. The highest BCUT2D eigenvalue weighted by Crippen LogP contribution is 2.36. The van der Waals surface area contributed by atoms with Crippen molar-refractivity contribution in [3.05, 3.63) is 59.7 Å². The summed E-state index contributed by atoms with van der Waals surface area (Å²) >= 11 is 0. The number of primary sulfonamides is 1. The summed E-state index contributed by atoms with van der Waals surface area (Å²) in [4.78, 5) is -0.0362. The number of methoxy groups -OCH3 is 3. The van der Waals surface area contributed by atoms with E-state index in [0.717, 1.165) is 33.4 Å². The zero-order valence-electron chi connectivity index (χ0n) is 15.4. The first-order chi connectivity index (χ1) is 12.9. The van der Waals surface area contributed by atoms with Crippen LogP contribution in [0.4, 0.5) is 0 Å². The monoisotopic (exact) mass is 387 g/mol. The maximum Gasteiger partial charge on any atom is 0.241 e. The molecule has 3 aromatic rings. The van der Waals surface area contributed by atoms with E-state index in [9.17, 15) is 8.42 Å². The average Bonchev–Trinajstić information content (AvgIpc) is 2.66. The molecule has 2 N–H and O–H groups in total. The molecule has 7 heteroatoms. The summed E-state index contributed by atoms with van der Waals surface area (Å²) in [5.41, 5.74) is 1.91. The first-order valence-corrected chi connectivity index (χ1v) is 9.76. The number of hydrogen-bond acceptors (Lipinski definition) is 5. The van der Waals surface area contributed by atoms with Gasteiger partial charge in [-0.25, -0.2) is 13.6 Å². The number of sulfonamides is 1. The SMILES string of the molecule is COc1cc(Cc2ccc(OC)c3cccc(OC)c23)ccc1S(N)(=O)=O. The average molecular weight is 387 g/mol. The molecule has 0 atom stereocenters. The molecule has 0 aliphatic rings. The van der Waals surface area contributed by atoms with Gasteiger partial charge in [0.15, 0.2) is 0 Å². The van der Waals surface area contributed by atoms with E-state index >= 15 is 0 Å². The van der Waals surface area contributed by atoms with Gasteiger partial charge < -0.3 is 14.2 Å². The molecule has 0 bridgehead atoms. The van der Waals surface area contributed by atoms with Crippen molar-refractivity contribution in [2.24, 2.45) is 5.14 Å². The summed E-state index contributed by atoms with van der Waals surface area (Å²) in [6, 6.07) is 14.6. The van der Waals surface area contributed by atoms with Gasteiger partial charge in [-0.15, -0.1) is 0 Å². The van der Waals surface area contributed by atoms with Crippen LogP contribution in [0, 0.1) is 0 Å². The van der Waals surface area contributed by atoms with E-state index in [-0.39, 0.29) is 10.6 Å². The Balaban J connectivity index is 2.12. The van der Waals surface area contributed by atoms with Gasteiger partial charge in [0.1, 0.15) is 22.1 Å². The molecule has 0 fully saturated rings. The summed E-state index contributed by atoms with van der Waals surface area (Å²) in [5, 5.41) is 7.14. The predicted molar refractivity (Wildman–Crippen MR) is 104 cm³/mol. The number of ether oxygens (including phenoxy) is 3. The molecule has 0 heterocycles. The van der Waals surface area contributed by atoms with Gasteiger partial charge in [-0.2, -0.15) is 0 Å². The molecule has 3 rings (SSSR count). The van der Waals surface area contributed by atoms with Crippen LogP contribution in [0.1, 0.15) is 11.1 Å². The Bertz CT molecular complexity index is 1090. The molecule has 0 spiro atoms. The van der Waals surface area contributed by atoms with E-state index in [4.69, 9.17) is 19.3 Å². The van der Waals surface area contributed by atoms with Crippen LogP contribution in [0.3, 0.4) is 0 Å². The van der Waals surface area contributed by atoms with Crippen molar-refractivity contribution in [2.45, 2.75) is 11.3 Å². The fourth-order valence-corrected chi connectivity index (χ4v) is 3.87. The van der Waals surface area contributed by atoms with Crippen molar-refractivity contribution < 1.29 is 22.6 Å². The summed E-state index contributed by atoms with van der Waals surface area (Å²) in [6.45, 7) is 0. The molecule has 0 aromatic heterocycles. The zero-order valence-corrected chi connectivity index (χ0v) is 16.2. The molecule has 0 radical (unpaired) electrons. The second-order valence-electron chi connectivity index (χ2n) is 6.02. The second-order valence-corrected chi connectivity index (χ2v) is 7.55. The van der Waals surface area contributed by atoms with E-state index in [1.165, 1.54) is 13.2 Å². The molecule has 0 unspecified atom stereocenters. The minimum absolute atomic E-state index is 0.0362. The highest BCUT2D eigenvalue weighted by Gasteiger charge is 2.17. The van der Waals surface area contributed by atoms with E-state index in [2.05, 4.69) is 0 Å². The lowest BCUT2D eigenvalue weighted by atomic mass is 9.97. The highest BCUT2D eigenvalue weighted by atomic mass is 32.2. The topological polar surface area (TPSA) is 87.8 Å². The van der Waals surface area contributed by atoms with Crippen LogP contribution in [-0.2, 0) is 16.4 Å². The van der Waals surface area contributed by atoms with Crippen molar-refractivity contribution in [3.63, 3.8) is 0 Å². The molecule has 3 aromatic carbocycles.